The first-order valence-corrected chi connectivity index (χ1v) is 8.65. The molecule has 112 valence electrons. The van der Waals surface area contributed by atoms with Crippen LogP contribution in [-0.2, 0) is 15.6 Å². The van der Waals surface area contributed by atoms with Crippen molar-refractivity contribution in [3.05, 3.63) is 28.2 Å². The lowest BCUT2D eigenvalue weighted by molar-refractivity contribution is -0.115. The summed E-state index contributed by atoms with van der Waals surface area (Å²) in [4.78, 5) is 11.8. The largest absolute Gasteiger partial charge is 0.322 e. The van der Waals surface area contributed by atoms with E-state index in [0.29, 0.717) is 21.5 Å². The van der Waals surface area contributed by atoms with Crippen LogP contribution >= 0.6 is 23.2 Å². The van der Waals surface area contributed by atoms with Crippen molar-refractivity contribution in [1.29, 1.82) is 0 Å². The Morgan fingerprint density at radius 1 is 1.35 bits per heavy atom. The molecule has 2 unspecified atom stereocenters. The van der Waals surface area contributed by atoms with Gasteiger partial charge in [0.15, 0.2) is 0 Å². The molecule has 0 aromatic heterocycles. The van der Waals surface area contributed by atoms with Gasteiger partial charge in [0, 0.05) is 28.9 Å². The van der Waals surface area contributed by atoms with E-state index in [-0.39, 0.29) is 18.5 Å². The third kappa shape index (κ3) is 6.22. The summed E-state index contributed by atoms with van der Waals surface area (Å²) >= 11 is 11.9. The highest BCUT2D eigenvalue weighted by molar-refractivity contribution is 7.84. The number of rotatable bonds is 7. The zero-order valence-electron chi connectivity index (χ0n) is 11.4. The molecule has 4 nitrogen and oxygen atoms in total. The highest BCUT2D eigenvalue weighted by Gasteiger charge is 2.10. The molecular formula is C13H18Cl2N2O2S. The minimum atomic E-state index is -0.814. The van der Waals surface area contributed by atoms with Crippen molar-refractivity contribution < 1.29 is 9.00 Å². The van der Waals surface area contributed by atoms with Crippen molar-refractivity contribution in [2.45, 2.75) is 19.4 Å². The molecule has 0 radical (unpaired) electrons. The molecule has 7 heteroatoms. The van der Waals surface area contributed by atoms with Crippen LogP contribution in [0.25, 0.3) is 0 Å². The maximum atomic E-state index is 11.8. The maximum Gasteiger partial charge on any atom is 0.238 e. The van der Waals surface area contributed by atoms with E-state index in [0.717, 1.165) is 6.42 Å². The van der Waals surface area contributed by atoms with Gasteiger partial charge in [-0.1, -0.05) is 29.3 Å². The highest BCUT2D eigenvalue weighted by atomic mass is 35.5. The molecule has 0 fully saturated rings. The number of anilines is 1. The zero-order valence-corrected chi connectivity index (χ0v) is 13.7. The van der Waals surface area contributed by atoms with E-state index < -0.39 is 10.8 Å². The van der Waals surface area contributed by atoms with Crippen LogP contribution in [0.2, 0.25) is 10.0 Å². The third-order valence-electron chi connectivity index (χ3n) is 2.68. The van der Waals surface area contributed by atoms with Gasteiger partial charge in [0.05, 0.1) is 22.3 Å². The predicted octanol–water partition coefficient (Wildman–Crippen LogP) is 2.68. The van der Waals surface area contributed by atoms with Gasteiger partial charge in [-0.25, -0.2) is 0 Å². The Bertz CT molecular complexity index is 477. The fourth-order valence-corrected chi connectivity index (χ4v) is 2.69. The molecule has 1 aromatic rings. The SMILES string of the molecule is CC(CCS(C)=O)NCC(=O)Nc1c(Cl)cccc1Cl. The molecule has 0 heterocycles. The molecule has 0 aliphatic carbocycles. The third-order valence-corrected chi connectivity index (χ3v) is 4.12. The zero-order chi connectivity index (χ0) is 15.1. The van der Waals surface area contributed by atoms with Gasteiger partial charge in [-0.2, -0.15) is 0 Å². The second-order valence-electron chi connectivity index (χ2n) is 4.49. The maximum absolute atomic E-state index is 11.8. The second-order valence-corrected chi connectivity index (χ2v) is 6.86. The second kappa shape index (κ2) is 8.62. The Hall–Kier alpha value is -0.620. The van der Waals surface area contributed by atoms with E-state index in [4.69, 9.17) is 23.2 Å². The first-order valence-electron chi connectivity index (χ1n) is 6.17. The van der Waals surface area contributed by atoms with Crippen LogP contribution in [0.3, 0.4) is 0 Å². The monoisotopic (exact) mass is 336 g/mol. The Morgan fingerprint density at radius 2 is 1.95 bits per heavy atom. The average molecular weight is 337 g/mol. The van der Waals surface area contributed by atoms with Crippen LogP contribution in [0, 0.1) is 0 Å². The van der Waals surface area contributed by atoms with Gasteiger partial charge in [-0.05, 0) is 25.5 Å². The first-order chi connectivity index (χ1) is 9.40. The normalized spacial score (nSPS) is 13.8. The number of carbonyl (C=O) groups excluding carboxylic acids is 1. The average Bonchev–Trinajstić information content (AvgIpc) is 2.38. The minimum Gasteiger partial charge on any atom is -0.322 e. The molecule has 0 aliphatic rings. The number of carbonyl (C=O) groups is 1. The van der Waals surface area contributed by atoms with Gasteiger partial charge in [0.25, 0.3) is 0 Å². The van der Waals surface area contributed by atoms with Crippen LogP contribution in [-0.4, -0.2) is 34.7 Å². The van der Waals surface area contributed by atoms with Gasteiger partial charge in [0.2, 0.25) is 5.91 Å². The van der Waals surface area contributed by atoms with Gasteiger partial charge in [-0.15, -0.1) is 0 Å². The first kappa shape index (κ1) is 17.4. The topological polar surface area (TPSA) is 58.2 Å². The van der Waals surface area contributed by atoms with Crippen LogP contribution in [0.4, 0.5) is 5.69 Å². The molecule has 1 aromatic carbocycles. The van der Waals surface area contributed by atoms with E-state index in [1.165, 1.54) is 0 Å². The molecule has 1 amide bonds. The predicted molar refractivity (Wildman–Crippen MR) is 86.1 cm³/mol. The molecule has 0 spiro atoms. The van der Waals surface area contributed by atoms with Crippen molar-refractivity contribution in [2.24, 2.45) is 0 Å². The number of hydrogen-bond donors (Lipinski definition) is 2. The molecule has 0 aliphatic heterocycles. The number of nitrogens with one attached hydrogen (secondary N) is 2. The van der Waals surface area contributed by atoms with E-state index in [2.05, 4.69) is 10.6 Å². The van der Waals surface area contributed by atoms with Gasteiger partial charge in [0.1, 0.15) is 0 Å². The lowest BCUT2D eigenvalue weighted by Gasteiger charge is -2.14. The molecule has 0 saturated heterocycles. The lowest BCUT2D eigenvalue weighted by atomic mass is 10.2. The number of halogens is 2. The Morgan fingerprint density at radius 3 is 2.50 bits per heavy atom. The summed E-state index contributed by atoms with van der Waals surface area (Å²) in [7, 11) is -0.814. The van der Waals surface area contributed by atoms with Crippen molar-refractivity contribution in [3.63, 3.8) is 0 Å². The van der Waals surface area contributed by atoms with Gasteiger partial charge in [-0.3, -0.25) is 9.00 Å². The molecule has 0 bridgehead atoms. The summed E-state index contributed by atoms with van der Waals surface area (Å²) in [5.41, 5.74) is 0.421. The lowest BCUT2D eigenvalue weighted by Crippen LogP contribution is -2.35. The van der Waals surface area contributed by atoms with Gasteiger partial charge >= 0.3 is 0 Å². The Balaban J connectivity index is 2.42. The van der Waals surface area contributed by atoms with Crippen LogP contribution < -0.4 is 10.6 Å². The standard InChI is InChI=1S/C13H18Cl2N2O2S/c1-9(6-7-20(2)19)16-8-12(18)17-13-10(14)4-3-5-11(13)15/h3-5,9,16H,6-8H2,1-2H3,(H,17,18). The number of amides is 1. The van der Waals surface area contributed by atoms with Crippen molar-refractivity contribution in [1.82, 2.24) is 5.32 Å². The fourth-order valence-electron chi connectivity index (χ4n) is 1.51. The molecular weight excluding hydrogens is 319 g/mol. The van der Waals surface area contributed by atoms with Crippen LogP contribution in [0.1, 0.15) is 13.3 Å². The molecule has 0 saturated carbocycles. The quantitative estimate of drug-likeness (QED) is 0.804. The molecule has 1 rings (SSSR count). The number of para-hydroxylation sites is 1. The summed E-state index contributed by atoms with van der Waals surface area (Å²) < 4.78 is 11.0. The smallest absolute Gasteiger partial charge is 0.238 e. The fraction of sp³-hybridized carbons (Fsp3) is 0.462. The van der Waals surface area contributed by atoms with Gasteiger partial charge < -0.3 is 10.6 Å². The summed E-state index contributed by atoms with van der Waals surface area (Å²) in [6.45, 7) is 2.10. The van der Waals surface area contributed by atoms with Crippen molar-refractivity contribution in [2.75, 3.05) is 23.9 Å². The molecule has 2 N–H and O–H groups in total. The van der Waals surface area contributed by atoms with Crippen molar-refractivity contribution >= 4 is 45.6 Å². The number of benzene rings is 1. The minimum absolute atomic E-state index is 0.117. The van der Waals surface area contributed by atoms with Crippen molar-refractivity contribution in [3.8, 4) is 0 Å². The Labute approximate surface area is 131 Å². The van der Waals surface area contributed by atoms with E-state index in [1.807, 2.05) is 6.92 Å². The van der Waals surface area contributed by atoms with E-state index in [1.54, 1.807) is 24.5 Å². The summed E-state index contributed by atoms with van der Waals surface area (Å²) in [5, 5.41) is 6.54. The summed E-state index contributed by atoms with van der Waals surface area (Å²) in [5.74, 6) is 0.399. The Kier molecular flexibility index (Phi) is 7.51. The summed E-state index contributed by atoms with van der Waals surface area (Å²) in [6.07, 6.45) is 2.42. The van der Waals surface area contributed by atoms with Crippen LogP contribution in [0.15, 0.2) is 18.2 Å². The van der Waals surface area contributed by atoms with E-state index in [9.17, 15) is 9.00 Å². The number of hydrogen-bond acceptors (Lipinski definition) is 3. The highest BCUT2D eigenvalue weighted by Crippen LogP contribution is 2.29. The molecule has 20 heavy (non-hydrogen) atoms. The van der Waals surface area contributed by atoms with E-state index >= 15 is 0 Å². The molecule has 2 atom stereocenters. The summed E-state index contributed by atoms with van der Waals surface area (Å²) in [6, 6.07) is 5.16. The van der Waals surface area contributed by atoms with Crippen LogP contribution in [0.5, 0.6) is 0 Å².